The van der Waals surface area contributed by atoms with Crippen molar-refractivity contribution in [3.8, 4) is 0 Å². The number of ether oxygens (including phenoxy) is 1. The maximum atomic E-state index is 14.1. The summed E-state index contributed by atoms with van der Waals surface area (Å²) in [7, 11) is 0. The second kappa shape index (κ2) is 7.14. The zero-order valence-electron chi connectivity index (χ0n) is 18.9. The van der Waals surface area contributed by atoms with E-state index in [-0.39, 0.29) is 11.6 Å². The number of carbonyl (C=O) groups excluding carboxylic acids is 2. The summed E-state index contributed by atoms with van der Waals surface area (Å²) in [5.41, 5.74) is 1.93. The molecule has 170 valence electrons. The first-order valence-corrected chi connectivity index (χ1v) is 11.8. The predicted molar refractivity (Wildman–Crippen MR) is 134 cm³/mol. The van der Waals surface area contributed by atoms with Crippen LogP contribution in [0.1, 0.15) is 33.6 Å². The van der Waals surface area contributed by atoms with Gasteiger partial charge in [-0.15, -0.1) is 0 Å². The maximum absolute atomic E-state index is 14.1. The van der Waals surface area contributed by atoms with Crippen LogP contribution in [0.25, 0.3) is 0 Å². The molecule has 4 aromatic carbocycles. The van der Waals surface area contributed by atoms with Crippen LogP contribution in [0.2, 0.25) is 0 Å². The highest BCUT2D eigenvalue weighted by molar-refractivity contribution is 6.18. The number of para-hydroxylation sites is 4. The van der Waals surface area contributed by atoms with Crippen LogP contribution in [0, 0.1) is 0 Å². The number of benzene rings is 4. The minimum atomic E-state index is -1.31. The van der Waals surface area contributed by atoms with E-state index in [9.17, 15) is 9.59 Å². The molecule has 0 bridgehead atoms. The highest BCUT2D eigenvalue weighted by atomic mass is 16.6. The SMILES string of the molecule is O=C1c2ccccc2N(c2ccccc2)C12CCC1(O2)C(=O)c2ccccc2N1c1ccccc1. The summed E-state index contributed by atoms with van der Waals surface area (Å²) in [6.45, 7) is 0. The first-order chi connectivity index (χ1) is 17.2. The van der Waals surface area contributed by atoms with Crippen molar-refractivity contribution in [1.82, 2.24) is 0 Å². The van der Waals surface area contributed by atoms with Gasteiger partial charge in [0, 0.05) is 35.3 Å². The lowest BCUT2D eigenvalue weighted by atomic mass is 9.98. The molecule has 0 aromatic heterocycles. The van der Waals surface area contributed by atoms with E-state index in [1.807, 2.05) is 119 Å². The van der Waals surface area contributed by atoms with Gasteiger partial charge in [-0.3, -0.25) is 9.59 Å². The zero-order chi connectivity index (χ0) is 23.6. The van der Waals surface area contributed by atoms with Crippen molar-refractivity contribution in [1.29, 1.82) is 0 Å². The van der Waals surface area contributed by atoms with E-state index in [0.717, 1.165) is 22.7 Å². The maximum Gasteiger partial charge on any atom is 0.218 e. The molecule has 0 aliphatic carbocycles. The average Bonchev–Trinajstić information content (AvgIpc) is 3.50. The lowest BCUT2D eigenvalue weighted by molar-refractivity contribution is -0.0541. The van der Waals surface area contributed by atoms with Gasteiger partial charge in [-0.05, 0) is 48.5 Å². The summed E-state index contributed by atoms with van der Waals surface area (Å²) in [4.78, 5) is 32.1. The van der Waals surface area contributed by atoms with Crippen LogP contribution in [-0.4, -0.2) is 23.0 Å². The monoisotopic (exact) mass is 458 g/mol. The van der Waals surface area contributed by atoms with Gasteiger partial charge < -0.3 is 14.5 Å². The quantitative estimate of drug-likeness (QED) is 0.355. The largest absolute Gasteiger partial charge is 0.313 e. The molecule has 4 aromatic rings. The number of Topliss-reactive ketones (excluding diaryl/α,β-unsaturated/α-hetero) is 2. The molecule has 3 aliphatic rings. The Hall–Kier alpha value is -4.22. The van der Waals surface area contributed by atoms with Crippen LogP contribution in [-0.2, 0) is 4.74 Å². The second-order valence-corrected chi connectivity index (χ2v) is 9.21. The molecule has 2 spiro atoms. The van der Waals surface area contributed by atoms with Crippen molar-refractivity contribution >= 4 is 34.3 Å². The molecule has 0 saturated carbocycles. The summed E-state index contributed by atoms with van der Waals surface area (Å²) < 4.78 is 6.93. The number of hydrogen-bond acceptors (Lipinski definition) is 5. The Labute approximate surface area is 203 Å². The number of anilines is 4. The summed E-state index contributed by atoms with van der Waals surface area (Å²) in [6, 6.07) is 34.8. The van der Waals surface area contributed by atoms with Gasteiger partial charge in [0.2, 0.25) is 23.0 Å². The number of ketones is 2. The Balaban J connectivity index is 1.43. The highest BCUT2D eigenvalue weighted by Gasteiger charge is 2.68. The minimum absolute atomic E-state index is 0.106. The first-order valence-electron chi connectivity index (χ1n) is 11.8. The van der Waals surface area contributed by atoms with Gasteiger partial charge in [0.1, 0.15) is 0 Å². The average molecular weight is 459 g/mol. The number of nitrogens with zero attached hydrogens (tertiary/aromatic N) is 2. The van der Waals surface area contributed by atoms with Crippen molar-refractivity contribution in [2.75, 3.05) is 9.80 Å². The Kier molecular flexibility index (Phi) is 4.12. The van der Waals surface area contributed by atoms with Crippen LogP contribution in [0.15, 0.2) is 109 Å². The predicted octanol–water partition coefficient (Wildman–Crippen LogP) is 6.26. The lowest BCUT2D eigenvalue weighted by Gasteiger charge is -2.40. The fourth-order valence-electron chi connectivity index (χ4n) is 5.94. The second-order valence-electron chi connectivity index (χ2n) is 9.21. The van der Waals surface area contributed by atoms with Crippen molar-refractivity contribution in [3.05, 3.63) is 120 Å². The minimum Gasteiger partial charge on any atom is -0.313 e. The van der Waals surface area contributed by atoms with E-state index in [1.54, 1.807) is 0 Å². The highest BCUT2D eigenvalue weighted by Crippen LogP contribution is 2.58. The van der Waals surface area contributed by atoms with Gasteiger partial charge in [-0.1, -0.05) is 60.7 Å². The molecule has 0 radical (unpaired) electrons. The number of carbonyl (C=O) groups is 2. The standard InChI is InChI=1S/C30H22N2O3/c33-27-23-15-7-9-17-25(23)31(21-11-3-1-4-12-21)29(27)19-20-30(35-29)28(34)24-16-8-10-18-26(24)32(30)22-13-5-2-6-14-22/h1-18H,19-20H2. The third-order valence-electron chi connectivity index (χ3n) is 7.38. The molecule has 0 N–H and O–H groups in total. The summed E-state index contributed by atoms with van der Waals surface area (Å²) in [5, 5.41) is 0. The molecule has 1 fully saturated rings. The lowest BCUT2D eigenvalue weighted by Crippen LogP contribution is -2.55. The van der Waals surface area contributed by atoms with Crippen molar-refractivity contribution in [3.63, 3.8) is 0 Å². The molecule has 2 atom stereocenters. The van der Waals surface area contributed by atoms with Crippen LogP contribution >= 0.6 is 0 Å². The number of rotatable bonds is 2. The fraction of sp³-hybridized carbons (Fsp3) is 0.133. The van der Waals surface area contributed by atoms with E-state index in [1.165, 1.54) is 0 Å². The first kappa shape index (κ1) is 20.2. The van der Waals surface area contributed by atoms with Gasteiger partial charge in [0.15, 0.2) is 0 Å². The Morgan fingerprint density at radius 2 is 0.886 bits per heavy atom. The molecule has 35 heavy (non-hydrogen) atoms. The van der Waals surface area contributed by atoms with Crippen LogP contribution in [0.3, 0.4) is 0 Å². The fourth-order valence-corrected chi connectivity index (χ4v) is 5.94. The third kappa shape index (κ3) is 2.56. The van der Waals surface area contributed by atoms with Gasteiger partial charge in [0.05, 0.1) is 11.4 Å². The van der Waals surface area contributed by atoms with Crippen molar-refractivity contribution in [2.45, 2.75) is 24.3 Å². The summed E-state index contributed by atoms with van der Waals surface area (Å²) in [5.74, 6) is -0.212. The van der Waals surface area contributed by atoms with E-state index < -0.39 is 11.4 Å². The number of hydrogen-bond donors (Lipinski definition) is 0. The molecule has 3 aliphatic heterocycles. The molecule has 3 heterocycles. The van der Waals surface area contributed by atoms with Crippen LogP contribution < -0.4 is 9.80 Å². The Morgan fingerprint density at radius 3 is 1.31 bits per heavy atom. The van der Waals surface area contributed by atoms with Gasteiger partial charge in [0.25, 0.3) is 0 Å². The Morgan fingerprint density at radius 1 is 0.514 bits per heavy atom. The zero-order valence-corrected chi connectivity index (χ0v) is 18.9. The third-order valence-corrected chi connectivity index (χ3v) is 7.38. The molecule has 2 unspecified atom stereocenters. The van der Waals surface area contributed by atoms with E-state index in [0.29, 0.717) is 24.0 Å². The normalized spacial score (nSPS) is 24.5. The van der Waals surface area contributed by atoms with E-state index >= 15 is 0 Å². The molecule has 5 heteroatoms. The van der Waals surface area contributed by atoms with Crippen LogP contribution in [0.5, 0.6) is 0 Å². The van der Waals surface area contributed by atoms with E-state index in [4.69, 9.17) is 4.74 Å². The summed E-state index contributed by atoms with van der Waals surface area (Å²) in [6.07, 6.45) is 0.775. The van der Waals surface area contributed by atoms with Crippen molar-refractivity contribution < 1.29 is 14.3 Å². The van der Waals surface area contributed by atoms with Crippen LogP contribution in [0.4, 0.5) is 22.7 Å². The smallest absolute Gasteiger partial charge is 0.218 e. The van der Waals surface area contributed by atoms with Crippen molar-refractivity contribution in [2.24, 2.45) is 0 Å². The summed E-state index contributed by atoms with van der Waals surface area (Å²) >= 11 is 0. The topological polar surface area (TPSA) is 49.9 Å². The Bertz CT molecular complexity index is 1370. The van der Waals surface area contributed by atoms with E-state index in [2.05, 4.69) is 0 Å². The molecular weight excluding hydrogens is 436 g/mol. The molecule has 5 nitrogen and oxygen atoms in total. The molecule has 7 rings (SSSR count). The van der Waals surface area contributed by atoms with Gasteiger partial charge in [-0.25, -0.2) is 0 Å². The molecular formula is C30H22N2O3. The molecule has 1 saturated heterocycles. The molecule has 0 amide bonds. The van der Waals surface area contributed by atoms with Gasteiger partial charge in [-0.2, -0.15) is 0 Å². The number of fused-ring (bicyclic) bond motifs is 2. The van der Waals surface area contributed by atoms with Gasteiger partial charge >= 0.3 is 0 Å².